The summed E-state index contributed by atoms with van der Waals surface area (Å²) in [6, 6.07) is 8.93. The molecule has 0 saturated heterocycles. The van der Waals surface area contributed by atoms with Crippen molar-refractivity contribution in [2.45, 2.75) is 45.1 Å². The van der Waals surface area contributed by atoms with E-state index in [1.807, 2.05) is 6.07 Å². The molecule has 1 rings (SSSR count). The lowest BCUT2D eigenvalue weighted by Gasteiger charge is -2.36. The summed E-state index contributed by atoms with van der Waals surface area (Å²) in [6.07, 6.45) is -4.23. The lowest BCUT2D eigenvalue weighted by molar-refractivity contribution is -0.0796. The zero-order valence-electron chi connectivity index (χ0n) is 13.7. The van der Waals surface area contributed by atoms with E-state index in [4.69, 9.17) is 4.43 Å². The first-order valence-corrected chi connectivity index (χ1v) is 10.1. The van der Waals surface area contributed by atoms with Crippen LogP contribution in [0.1, 0.15) is 26.3 Å². The molecule has 0 amide bonds. The van der Waals surface area contributed by atoms with Crippen molar-refractivity contribution in [3.63, 3.8) is 0 Å². The van der Waals surface area contributed by atoms with Gasteiger partial charge in [0, 0.05) is 5.57 Å². The molecule has 0 spiro atoms. The van der Waals surface area contributed by atoms with Crippen molar-refractivity contribution in [2.75, 3.05) is 6.61 Å². The molecule has 1 nitrogen and oxygen atoms in total. The van der Waals surface area contributed by atoms with E-state index in [9.17, 15) is 13.2 Å². The molecule has 0 aliphatic rings. The fraction of sp³-hybridized carbons (Fsp3) is 0.471. The highest BCUT2D eigenvalue weighted by atomic mass is 28.4. The Morgan fingerprint density at radius 2 is 1.68 bits per heavy atom. The van der Waals surface area contributed by atoms with E-state index in [0.717, 1.165) is 0 Å². The molecule has 22 heavy (non-hydrogen) atoms. The molecule has 0 aliphatic carbocycles. The zero-order chi connectivity index (χ0) is 17.0. The summed E-state index contributed by atoms with van der Waals surface area (Å²) in [5.41, 5.74) is 3.48. The molecule has 0 aliphatic heterocycles. The van der Waals surface area contributed by atoms with Gasteiger partial charge in [-0.1, -0.05) is 51.1 Å². The molecule has 0 aromatic heterocycles. The van der Waals surface area contributed by atoms with Crippen molar-refractivity contribution in [3.8, 4) is 0 Å². The normalized spacial score (nSPS) is 12.7. The Morgan fingerprint density at radius 1 is 1.14 bits per heavy atom. The summed E-state index contributed by atoms with van der Waals surface area (Å²) in [5, 5.41) is 0.00252. The van der Waals surface area contributed by atoms with Crippen molar-refractivity contribution in [3.05, 3.63) is 47.7 Å². The van der Waals surface area contributed by atoms with Crippen LogP contribution < -0.4 is 0 Å². The Balaban J connectivity index is 3.07. The van der Waals surface area contributed by atoms with Crippen molar-refractivity contribution in [2.24, 2.45) is 0 Å². The van der Waals surface area contributed by atoms with Gasteiger partial charge in [0.15, 0.2) is 8.32 Å². The smallest absolute Gasteiger partial charge is 0.412 e. The highest BCUT2D eigenvalue weighted by Crippen LogP contribution is 2.37. The van der Waals surface area contributed by atoms with Crippen LogP contribution in [0.3, 0.4) is 0 Å². The summed E-state index contributed by atoms with van der Waals surface area (Å²) in [5.74, 6) is 0. The lowest BCUT2D eigenvalue weighted by Crippen LogP contribution is -2.41. The molecule has 0 bridgehead atoms. The Labute approximate surface area is 131 Å². The second-order valence-electron chi connectivity index (χ2n) is 6.72. The monoisotopic (exact) mass is 328 g/mol. The van der Waals surface area contributed by atoms with Crippen molar-refractivity contribution >= 4 is 13.9 Å². The molecule has 5 heteroatoms. The third kappa shape index (κ3) is 5.83. The number of hydrogen-bond donors (Lipinski definition) is 0. The van der Waals surface area contributed by atoms with E-state index in [0.29, 0.717) is 11.1 Å². The fourth-order valence-electron chi connectivity index (χ4n) is 1.49. The molecule has 1 aromatic rings. The van der Waals surface area contributed by atoms with Gasteiger partial charge >= 0.3 is 6.18 Å². The van der Waals surface area contributed by atoms with Crippen LogP contribution in [0.25, 0.3) is 5.57 Å². The minimum Gasteiger partial charge on any atom is -0.412 e. The Hall–Kier alpha value is -1.29. The molecule has 0 saturated carbocycles. The first-order valence-electron chi connectivity index (χ1n) is 7.15. The van der Waals surface area contributed by atoms with Gasteiger partial charge in [0.05, 0.1) is 12.7 Å². The maximum absolute atomic E-state index is 12.4. The minimum absolute atomic E-state index is 0.00252. The largest absolute Gasteiger partial charge is 0.416 e. The highest BCUT2D eigenvalue weighted by molar-refractivity contribution is 6.74. The van der Waals surface area contributed by atoms with Crippen LogP contribution in [0, 0.1) is 0 Å². The van der Waals surface area contributed by atoms with Crippen LogP contribution >= 0.6 is 0 Å². The third-order valence-electron chi connectivity index (χ3n) is 3.92. The van der Waals surface area contributed by atoms with Crippen LogP contribution in [-0.4, -0.2) is 21.1 Å². The SMILES string of the molecule is CC(C)(C)[Si](C)(C)OCC(=C=CC(F)(F)F)c1ccccc1. The van der Waals surface area contributed by atoms with E-state index < -0.39 is 14.5 Å². The third-order valence-corrected chi connectivity index (χ3v) is 8.39. The van der Waals surface area contributed by atoms with Crippen LogP contribution in [0.4, 0.5) is 13.2 Å². The maximum atomic E-state index is 12.4. The average molecular weight is 328 g/mol. The van der Waals surface area contributed by atoms with Gasteiger partial charge in [0.25, 0.3) is 0 Å². The van der Waals surface area contributed by atoms with Gasteiger partial charge in [-0.25, -0.2) is 0 Å². The maximum Gasteiger partial charge on any atom is 0.416 e. The summed E-state index contributed by atoms with van der Waals surface area (Å²) in [4.78, 5) is 0. The summed E-state index contributed by atoms with van der Waals surface area (Å²) in [7, 11) is -2.03. The molecule has 0 heterocycles. The van der Waals surface area contributed by atoms with E-state index in [1.165, 1.54) is 0 Å². The first kappa shape index (κ1) is 18.8. The van der Waals surface area contributed by atoms with Gasteiger partial charge < -0.3 is 4.43 Å². The summed E-state index contributed by atoms with van der Waals surface area (Å²) in [6.45, 7) is 10.6. The number of alkyl halides is 3. The number of halogens is 3. The van der Waals surface area contributed by atoms with Gasteiger partial charge in [-0.15, -0.1) is 5.73 Å². The molecular formula is C17H23F3OSi. The van der Waals surface area contributed by atoms with Crippen molar-refractivity contribution in [1.82, 2.24) is 0 Å². The van der Waals surface area contributed by atoms with E-state index in [1.54, 1.807) is 24.3 Å². The zero-order valence-corrected chi connectivity index (χ0v) is 14.7. The summed E-state index contributed by atoms with van der Waals surface area (Å²) < 4.78 is 43.3. The minimum atomic E-state index is -4.38. The van der Waals surface area contributed by atoms with Crippen LogP contribution in [0.2, 0.25) is 18.1 Å². The van der Waals surface area contributed by atoms with Crippen LogP contribution in [0.15, 0.2) is 42.1 Å². The number of hydrogen-bond acceptors (Lipinski definition) is 1. The fourth-order valence-corrected chi connectivity index (χ4v) is 2.42. The van der Waals surface area contributed by atoms with Gasteiger partial charge in [0.1, 0.15) is 0 Å². The molecule has 0 radical (unpaired) electrons. The highest BCUT2D eigenvalue weighted by Gasteiger charge is 2.37. The first-order chi connectivity index (χ1) is 9.92. The Bertz CT molecular complexity index is 548. The lowest BCUT2D eigenvalue weighted by atomic mass is 10.1. The van der Waals surface area contributed by atoms with Crippen LogP contribution in [-0.2, 0) is 4.43 Å². The molecule has 0 N–H and O–H groups in total. The average Bonchev–Trinajstić information content (AvgIpc) is 2.37. The number of rotatable bonds is 4. The van der Waals surface area contributed by atoms with Crippen molar-refractivity contribution in [1.29, 1.82) is 0 Å². The molecular weight excluding hydrogens is 305 g/mol. The van der Waals surface area contributed by atoms with Crippen molar-refractivity contribution < 1.29 is 17.6 Å². The van der Waals surface area contributed by atoms with E-state index in [-0.39, 0.29) is 17.7 Å². The number of benzene rings is 1. The molecule has 0 fully saturated rings. The standard InChI is InChI=1S/C17H23F3OSi/c1-16(2,3)22(4,5)21-13-15(11-12-17(18,19)20)14-9-7-6-8-10-14/h6-10,12H,13H2,1-5H3. The molecule has 1 aromatic carbocycles. The van der Waals surface area contributed by atoms with Gasteiger partial charge in [0.2, 0.25) is 0 Å². The second-order valence-corrected chi connectivity index (χ2v) is 11.5. The van der Waals surface area contributed by atoms with Gasteiger partial charge in [-0.05, 0) is 23.7 Å². The topological polar surface area (TPSA) is 9.23 Å². The van der Waals surface area contributed by atoms with E-state index in [2.05, 4.69) is 39.6 Å². The quantitative estimate of drug-likeness (QED) is 0.500. The van der Waals surface area contributed by atoms with Gasteiger partial charge in [-0.3, -0.25) is 0 Å². The molecule has 0 unspecified atom stereocenters. The van der Waals surface area contributed by atoms with E-state index >= 15 is 0 Å². The van der Waals surface area contributed by atoms with Gasteiger partial charge in [-0.2, -0.15) is 13.2 Å². The summed E-state index contributed by atoms with van der Waals surface area (Å²) >= 11 is 0. The Kier molecular flexibility index (Phi) is 5.85. The predicted molar refractivity (Wildman–Crippen MR) is 87.1 cm³/mol. The molecule has 0 atom stereocenters. The molecule has 122 valence electrons. The predicted octanol–water partition coefficient (Wildman–Crippen LogP) is 5.81. The second kappa shape index (κ2) is 6.86. The Morgan fingerprint density at radius 3 is 2.14 bits per heavy atom. The van der Waals surface area contributed by atoms with Crippen LogP contribution in [0.5, 0.6) is 0 Å².